The molecule has 0 aromatic heterocycles. The van der Waals surface area contributed by atoms with Crippen LogP contribution >= 0.6 is 0 Å². The van der Waals surface area contributed by atoms with E-state index in [2.05, 4.69) is 24.5 Å². The summed E-state index contributed by atoms with van der Waals surface area (Å²) in [7, 11) is 0. The Kier molecular flexibility index (Phi) is 6.46. The molecular formula is C18H26N2O4. The molecule has 1 aromatic carbocycles. The molecule has 6 heteroatoms. The smallest absolute Gasteiger partial charge is 0.407 e. The fourth-order valence-corrected chi connectivity index (χ4v) is 2.83. The summed E-state index contributed by atoms with van der Waals surface area (Å²) in [6.07, 6.45) is 0.309. The summed E-state index contributed by atoms with van der Waals surface area (Å²) < 4.78 is 10.5. The van der Waals surface area contributed by atoms with Crippen molar-refractivity contribution in [2.24, 2.45) is 5.92 Å². The first-order valence-electron chi connectivity index (χ1n) is 8.44. The summed E-state index contributed by atoms with van der Waals surface area (Å²) >= 11 is 0. The molecule has 132 valence electrons. The highest BCUT2D eigenvalue weighted by Gasteiger charge is 2.30. The molecule has 0 aliphatic carbocycles. The van der Waals surface area contributed by atoms with Crippen LogP contribution in [0.25, 0.3) is 0 Å². The highest BCUT2D eigenvalue weighted by molar-refractivity contribution is 5.85. The van der Waals surface area contributed by atoms with Crippen LogP contribution in [0, 0.1) is 5.92 Å². The van der Waals surface area contributed by atoms with E-state index in [-0.39, 0.29) is 17.9 Å². The second-order valence-electron chi connectivity index (χ2n) is 6.34. The van der Waals surface area contributed by atoms with Crippen molar-refractivity contribution in [3.63, 3.8) is 0 Å². The van der Waals surface area contributed by atoms with E-state index in [1.54, 1.807) is 6.92 Å². The second-order valence-corrected chi connectivity index (χ2v) is 6.34. The zero-order chi connectivity index (χ0) is 17.5. The number of hydrogen-bond acceptors (Lipinski definition) is 4. The number of amides is 2. The van der Waals surface area contributed by atoms with Crippen molar-refractivity contribution >= 4 is 12.0 Å². The summed E-state index contributed by atoms with van der Waals surface area (Å²) in [6.45, 7) is 6.95. The lowest BCUT2D eigenvalue weighted by Crippen LogP contribution is -2.45. The van der Waals surface area contributed by atoms with Gasteiger partial charge in [-0.05, 0) is 25.3 Å². The van der Waals surface area contributed by atoms with Crippen molar-refractivity contribution in [2.75, 3.05) is 19.8 Å². The minimum Gasteiger partial charge on any atom is -0.492 e. The van der Waals surface area contributed by atoms with Crippen molar-refractivity contribution in [2.45, 2.75) is 39.2 Å². The Morgan fingerprint density at radius 1 is 1.33 bits per heavy atom. The Morgan fingerprint density at radius 2 is 2.08 bits per heavy atom. The van der Waals surface area contributed by atoms with Gasteiger partial charge in [0.1, 0.15) is 18.3 Å². The van der Waals surface area contributed by atoms with Crippen LogP contribution in [0.15, 0.2) is 24.3 Å². The van der Waals surface area contributed by atoms with E-state index < -0.39 is 6.09 Å². The lowest BCUT2D eigenvalue weighted by atomic mass is 10.00. The van der Waals surface area contributed by atoms with Crippen LogP contribution in [0.4, 0.5) is 4.79 Å². The number of carbonyl (C=O) groups excluding carboxylic acids is 2. The predicted molar refractivity (Wildman–Crippen MR) is 91.1 cm³/mol. The van der Waals surface area contributed by atoms with Gasteiger partial charge >= 0.3 is 6.09 Å². The molecule has 0 bridgehead atoms. The fraction of sp³-hybridized carbons (Fsp3) is 0.556. The number of alkyl carbamates (subject to hydrolysis) is 1. The molecule has 1 aromatic rings. The number of carbonyl (C=O) groups is 2. The Morgan fingerprint density at radius 3 is 2.79 bits per heavy atom. The standard InChI is InChI=1S/C18H26N2O4/c1-4-23-18(22)20-13(9-12(2)3)10-19-17(21)15-11-24-16-8-6-5-7-14(15)16/h5-8,12-13,15H,4,9-11H2,1-3H3,(H,19,21)(H,20,22). The monoisotopic (exact) mass is 334 g/mol. The van der Waals surface area contributed by atoms with Crippen LogP contribution in [0.2, 0.25) is 0 Å². The van der Waals surface area contributed by atoms with E-state index in [1.165, 1.54) is 0 Å². The van der Waals surface area contributed by atoms with Crippen LogP contribution in [0.1, 0.15) is 38.7 Å². The molecule has 2 N–H and O–H groups in total. The van der Waals surface area contributed by atoms with Gasteiger partial charge in [-0.3, -0.25) is 4.79 Å². The van der Waals surface area contributed by atoms with E-state index >= 15 is 0 Å². The van der Waals surface area contributed by atoms with E-state index in [0.29, 0.717) is 25.7 Å². The van der Waals surface area contributed by atoms with Gasteiger partial charge in [-0.25, -0.2) is 4.79 Å². The molecule has 0 fully saturated rings. The minimum atomic E-state index is -0.452. The molecule has 0 saturated heterocycles. The van der Waals surface area contributed by atoms with E-state index in [1.807, 2.05) is 24.3 Å². The molecule has 2 amide bonds. The Hall–Kier alpha value is -2.24. The molecular weight excluding hydrogens is 308 g/mol. The SMILES string of the molecule is CCOC(=O)NC(CNC(=O)C1COc2ccccc21)CC(C)C. The first-order chi connectivity index (χ1) is 11.5. The molecule has 0 saturated carbocycles. The maximum atomic E-state index is 12.5. The Balaban J connectivity index is 1.91. The van der Waals surface area contributed by atoms with Gasteiger partial charge < -0.3 is 20.1 Å². The van der Waals surface area contributed by atoms with Crippen molar-refractivity contribution in [3.8, 4) is 5.75 Å². The summed E-state index contributed by atoms with van der Waals surface area (Å²) in [6, 6.07) is 7.41. The van der Waals surface area contributed by atoms with Crippen molar-refractivity contribution < 1.29 is 19.1 Å². The number of hydrogen-bond donors (Lipinski definition) is 2. The lowest BCUT2D eigenvalue weighted by molar-refractivity contribution is -0.122. The molecule has 1 heterocycles. The molecule has 0 radical (unpaired) electrons. The molecule has 1 aliphatic rings. The fourth-order valence-electron chi connectivity index (χ4n) is 2.83. The van der Waals surface area contributed by atoms with Crippen molar-refractivity contribution in [1.82, 2.24) is 10.6 Å². The zero-order valence-corrected chi connectivity index (χ0v) is 14.5. The summed E-state index contributed by atoms with van der Waals surface area (Å²) in [5.41, 5.74) is 0.911. The molecule has 2 unspecified atom stereocenters. The van der Waals surface area contributed by atoms with Crippen molar-refractivity contribution in [1.29, 1.82) is 0 Å². The molecule has 0 spiro atoms. The molecule has 1 aliphatic heterocycles. The number of para-hydroxylation sites is 1. The van der Waals surface area contributed by atoms with Crippen LogP contribution in [-0.2, 0) is 9.53 Å². The van der Waals surface area contributed by atoms with Gasteiger partial charge in [-0.1, -0.05) is 32.0 Å². The molecule has 24 heavy (non-hydrogen) atoms. The third kappa shape index (κ3) is 4.88. The van der Waals surface area contributed by atoms with Crippen molar-refractivity contribution in [3.05, 3.63) is 29.8 Å². The molecule has 2 rings (SSSR count). The van der Waals surface area contributed by atoms with Gasteiger partial charge in [0.15, 0.2) is 0 Å². The summed E-state index contributed by atoms with van der Waals surface area (Å²) in [5, 5.41) is 5.74. The topological polar surface area (TPSA) is 76.7 Å². The average Bonchev–Trinajstić information content (AvgIpc) is 2.96. The number of benzene rings is 1. The molecule has 6 nitrogen and oxygen atoms in total. The number of nitrogens with one attached hydrogen (secondary N) is 2. The summed E-state index contributed by atoms with van der Waals surface area (Å²) in [4.78, 5) is 24.1. The number of rotatable bonds is 7. The van der Waals surface area contributed by atoms with Gasteiger partial charge in [-0.2, -0.15) is 0 Å². The highest BCUT2D eigenvalue weighted by Crippen LogP contribution is 2.33. The third-order valence-corrected chi connectivity index (χ3v) is 3.89. The van der Waals surface area contributed by atoms with Crippen LogP contribution in [0.3, 0.4) is 0 Å². The van der Waals surface area contributed by atoms with E-state index in [9.17, 15) is 9.59 Å². The maximum absolute atomic E-state index is 12.5. The Bertz CT molecular complexity index is 574. The quantitative estimate of drug-likeness (QED) is 0.803. The average molecular weight is 334 g/mol. The highest BCUT2D eigenvalue weighted by atomic mass is 16.5. The normalized spacial score (nSPS) is 16.9. The number of fused-ring (bicyclic) bond motifs is 1. The van der Waals surface area contributed by atoms with Crippen LogP contribution < -0.4 is 15.4 Å². The van der Waals surface area contributed by atoms with Crippen LogP contribution in [0.5, 0.6) is 5.75 Å². The van der Waals surface area contributed by atoms with Gasteiger partial charge in [0.25, 0.3) is 0 Å². The predicted octanol–water partition coefficient (Wildman–Crippen LogP) is 2.44. The second kappa shape index (κ2) is 8.57. The van der Waals surface area contributed by atoms with Gasteiger partial charge in [0, 0.05) is 18.2 Å². The van der Waals surface area contributed by atoms with Gasteiger partial charge in [-0.15, -0.1) is 0 Å². The van der Waals surface area contributed by atoms with Gasteiger partial charge in [0.2, 0.25) is 5.91 Å². The van der Waals surface area contributed by atoms with Gasteiger partial charge in [0.05, 0.1) is 6.61 Å². The molecule has 2 atom stereocenters. The number of ether oxygens (including phenoxy) is 2. The van der Waals surface area contributed by atoms with Crippen LogP contribution in [-0.4, -0.2) is 37.8 Å². The van der Waals surface area contributed by atoms with E-state index in [0.717, 1.165) is 17.7 Å². The lowest BCUT2D eigenvalue weighted by Gasteiger charge is -2.21. The zero-order valence-electron chi connectivity index (χ0n) is 14.5. The third-order valence-electron chi connectivity index (χ3n) is 3.89. The minimum absolute atomic E-state index is 0.0839. The first kappa shape index (κ1) is 18.1. The Labute approximate surface area is 142 Å². The van der Waals surface area contributed by atoms with E-state index in [4.69, 9.17) is 9.47 Å². The maximum Gasteiger partial charge on any atom is 0.407 e. The first-order valence-corrected chi connectivity index (χ1v) is 8.44. The summed E-state index contributed by atoms with van der Waals surface area (Å²) in [5.74, 6) is 0.772. The largest absolute Gasteiger partial charge is 0.492 e.